The maximum absolute atomic E-state index is 12.7. The van der Waals surface area contributed by atoms with Gasteiger partial charge in [0.1, 0.15) is 11.5 Å². The lowest BCUT2D eigenvalue weighted by molar-refractivity contribution is -0.140. The van der Waals surface area contributed by atoms with Gasteiger partial charge >= 0.3 is 0 Å². The molecule has 2 aromatic carbocycles. The van der Waals surface area contributed by atoms with E-state index in [0.29, 0.717) is 21.9 Å². The number of methoxy groups -OCH3 is 1. The van der Waals surface area contributed by atoms with E-state index in [4.69, 9.17) is 16.3 Å². The third-order valence-corrected chi connectivity index (χ3v) is 4.68. The average Bonchev–Trinajstić information content (AvgIpc) is 2.93. The Morgan fingerprint density at radius 3 is 2.44 bits per heavy atom. The number of halogens is 1. The monoisotopic (exact) mass is 387 g/mol. The summed E-state index contributed by atoms with van der Waals surface area (Å²) >= 11 is 5.89. The molecule has 1 atom stereocenters. The fourth-order valence-electron chi connectivity index (χ4n) is 3.20. The van der Waals surface area contributed by atoms with Gasteiger partial charge in [-0.1, -0.05) is 29.8 Å². The highest BCUT2D eigenvalue weighted by atomic mass is 35.5. The van der Waals surface area contributed by atoms with Gasteiger partial charge in [-0.25, -0.2) is 0 Å². The van der Waals surface area contributed by atoms with Crippen LogP contribution in [0.25, 0.3) is 5.76 Å². The molecule has 0 aromatic heterocycles. The molecule has 1 aliphatic heterocycles. The van der Waals surface area contributed by atoms with E-state index < -0.39 is 17.7 Å². The van der Waals surface area contributed by atoms with Crippen molar-refractivity contribution in [2.45, 2.75) is 6.04 Å². The molecule has 6 nitrogen and oxygen atoms in total. The Hall–Kier alpha value is -2.83. The van der Waals surface area contributed by atoms with Gasteiger partial charge in [-0.05, 0) is 30.3 Å². The van der Waals surface area contributed by atoms with Crippen LogP contribution in [-0.4, -0.2) is 47.1 Å². The molecule has 1 unspecified atom stereocenters. The summed E-state index contributed by atoms with van der Waals surface area (Å²) in [6, 6.07) is 12.4. The van der Waals surface area contributed by atoms with Crippen LogP contribution in [0.1, 0.15) is 17.2 Å². The lowest BCUT2D eigenvalue weighted by Gasteiger charge is -2.25. The van der Waals surface area contributed by atoms with Gasteiger partial charge in [0, 0.05) is 22.7 Å². The van der Waals surface area contributed by atoms with Crippen molar-refractivity contribution in [2.24, 2.45) is 0 Å². The van der Waals surface area contributed by atoms with E-state index in [2.05, 4.69) is 0 Å². The van der Waals surface area contributed by atoms with Crippen LogP contribution in [0.15, 0.2) is 54.1 Å². The van der Waals surface area contributed by atoms with Crippen LogP contribution in [-0.2, 0) is 9.59 Å². The lowest BCUT2D eigenvalue weighted by atomic mass is 9.94. The van der Waals surface area contributed by atoms with Crippen molar-refractivity contribution in [3.05, 3.63) is 70.3 Å². The number of nitrogens with zero attached hydrogens (tertiary/aromatic N) is 1. The first kappa shape index (κ1) is 18.9. The Balaban J connectivity index is 2.22. The van der Waals surface area contributed by atoms with Crippen LogP contribution in [0, 0.1) is 0 Å². The quantitative estimate of drug-likeness (QED) is 0.468. The number of aliphatic hydroxyl groups excluding tert-OH is 2. The summed E-state index contributed by atoms with van der Waals surface area (Å²) in [5, 5.41) is 20.7. The molecule has 27 heavy (non-hydrogen) atoms. The third-order valence-electron chi connectivity index (χ3n) is 4.43. The van der Waals surface area contributed by atoms with Crippen LogP contribution in [0.2, 0.25) is 5.02 Å². The minimum atomic E-state index is -0.871. The number of β-amino-alcohol motifs (C(OH)–C–C–N with tert-alkyl or cyclic N) is 1. The average molecular weight is 388 g/mol. The first-order valence-corrected chi connectivity index (χ1v) is 8.65. The van der Waals surface area contributed by atoms with E-state index in [1.54, 1.807) is 48.5 Å². The maximum Gasteiger partial charge on any atom is 0.295 e. The first-order chi connectivity index (χ1) is 13.0. The Morgan fingerprint density at radius 1 is 1.15 bits per heavy atom. The number of para-hydroxylation sites is 1. The number of carbonyl (C=O) groups excluding carboxylic acids is 2. The normalized spacial score (nSPS) is 18.8. The van der Waals surface area contributed by atoms with Crippen molar-refractivity contribution in [1.29, 1.82) is 0 Å². The number of Topliss-reactive ketones (excluding diaryl/α,β-unsaturated/α-hetero) is 1. The number of ether oxygens (including phenoxy) is 1. The Bertz CT molecular complexity index is 907. The summed E-state index contributed by atoms with van der Waals surface area (Å²) in [6.07, 6.45) is 0. The molecule has 0 radical (unpaired) electrons. The van der Waals surface area contributed by atoms with Gasteiger partial charge in [0.15, 0.2) is 0 Å². The number of hydrogen-bond donors (Lipinski definition) is 2. The predicted octanol–water partition coefficient (Wildman–Crippen LogP) is 2.76. The second-order valence-electron chi connectivity index (χ2n) is 5.96. The summed E-state index contributed by atoms with van der Waals surface area (Å²) < 4.78 is 5.37. The van der Waals surface area contributed by atoms with Crippen LogP contribution in [0.5, 0.6) is 5.75 Å². The molecule has 0 spiro atoms. The van der Waals surface area contributed by atoms with E-state index >= 15 is 0 Å². The largest absolute Gasteiger partial charge is 0.507 e. The molecular weight excluding hydrogens is 370 g/mol. The highest BCUT2D eigenvalue weighted by Gasteiger charge is 2.46. The maximum atomic E-state index is 12.7. The predicted molar refractivity (Wildman–Crippen MR) is 101 cm³/mol. The van der Waals surface area contributed by atoms with Crippen molar-refractivity contribution in [3.8, 4) is 5.75 Å². The molecule has 2 aromatic rings. The number of ketones is 1. The van der Waals surface area contributed by atoms with E-state index in [9.17, 15) is 19.8 Å². The molecule has 1 saturated heterocycles. The molecule has 0 saturated carbocycles. The zero-order valence-corrected chi connectivity index (χ0v) is 15.3. The zero-order chi connectivity index (χ0) is 19.6. The van der Waals surface area contributed by atoms with Gasteiger partial charge in [0.05, 0.1) is 25.3 Å². The smallest absolute Gasteiger partial charge is 0.295 e. The van der Waals surface area contributed by atoms with Gasteiger partial charge in [-0.15, -0.1) is 0 Å². The van der Waals surface area contributed by atoms with E-state index in [1.807, 2.05) is 0 Å². The van der Waals surface area contributed by atoms with Crippen LogP contribution < -0.4 is 4.74 Å². The summed E-state index contributed by atoms with van der Waals surface area (Å²) in [5.41, 5.74) is 0.852. The standard InChI is InChI=1S/C20H18ClNO5/c1-27-15-5-3-2-4-14(15)17-16(19(25)20(26)22(17)10-11-23)18(24)12-6-8-13(21)9-7-12/h2-9,17,23-24H,10-11H2,1H3/b18-16-. The van der Waals surface area contributed by atoms with Gasteiger partial charge in [-0.2, -0.15) is 0 Å². The Morgan fingerprint density at radius 2 is 1.81 bits per heavy atom. The van der Waals surface area contributed by atoms with E-state index in [-0.39, 0.29) is 24.5 Å². The zero-order valence-electron chi connectivity index (χ0n) is 14.6. The Labute approximate surface area is 161 Å². The van der Waals surface area contributed by atoms with Crippen LogP contribution in [0.4, 0.5) is 0 Å². The summed E-state index contributed by atoms with van der Waals surface area (Å²) in [4.78, 5) is 26.5. The topological polar surface area (TPSA) is 87.1 Å². The van der Waals surface area contributed by atoms with Crippen molar-refractivity contribution >= 4 is 29.1 Å². The molecule has 0 bridgehead atoms. The lowest BCUT2D eigenvalue weighted by Crippen LogP contribution is -2.32. The first-order valence-electron chi connectivity index (χ1n) is 8.27. The number of rotatable bonds is 5. The number of carbonyl (C=O) groups is 2. The van der Waals surface area contributed by atoms with Crippen LogP contribution in [0.3, 0.4) is 0 Å². The number of likely N-dealkylation sites (tertiary alicyclic amines) is 1. The molecule has 7 heteroatoms. The molecule has 1 heterocycles. The van der Waals surface area contributed by atoms with Crippen LogP contribution >= 0.6 is 11.6 Å². The minimum Gasteiger partial charge on any atom is -0.507 e. The van der Waals surface area contributed by atoms with Crippen molar-refractivity contribution in [2.75, 3.05) is 20.3 Å². The molecule has 2 N–H and O–H groups in total. The van der Waals surface area contributed by atoms with Crippen molar-refractivity contribution in [1.82, 2.24) is 4.90 Å². The molecular formula is C20H18ClNO5. The number of aliphatic hydroxyl groups is 2. The second kappa shape index (κ2) is 7.82. The fourth-order valence-corrected chi connectivity index (χ4v) is 3.32. The third kappa shape index (κ3) is 3.41. The molecule has 140 valence electrons. The fraction of sp³-hybridized carbons (Fsp3) is 0.200. The van der Waals surface area contributed by atoms with Gasteiger partial charge in [0.25, 0.3) is 11.7 Å². The van der Waals surface area contributed by atoms with Crippen molar-refractivity contribution < 1.29 is 24.5 Å². The molecule has 1 aliphatic rings. The highest BCUT2D eigenvalue weighted by Crippen LogP contribution is 2.42. The summed E-state index contributed by atoms with van der Waals surface area (Å²) in [7, 11) is 1.48. The molecule has 3 rings (SSSR count). The Kier molecular flexibility index (Phi) is 5.48. The summed E-state index contributed by atoms with van der Waals surface area (Å²) in [5.74, 6) is -1.43. The summed E-state index contributed by atoms with van der Waals surface area (Å²) in [6.45, 7) is -0.371. The number of amides is 1. The SMILES string of the molecule is COc1ccccc1C1/C(=C(/O)c2ccc(Cl)cc2)C(=O)C(=O)N1CCO. The second-order valence-corrected chi connectivity index (χ2v) is 6.40. The molecule has 0 aliphatic carbocycles. The van der Waals surface area contributed by atoms with Gasteiger partial charge in [-0.3, -0.25) is 9.59 Å². The number of benzene rings is 2. The minimum absolute atomic E-state index is 0.0509. The van der Waals surface area contributed by atoms with E-state index in [1.165, 1.54) is 12.0 Å². The molecule has 1 fully saturated rings. The molecule has 1 amide bonds. The number of hydrogen-bond acceptors (Lipinski definition) is 5. The van der Waals surface area contributed by atoms with E-state index in [0.717, 1.165) is 0 Å². The van der Waals surface area contributed by atoms with Crippen molar-refractivity contribution in [3.63, 3.8) is 0 Å². The van der Waals surface area contributed by atoms with Gasteiger partial charge in [0.2, 0.25) is 0 Å². The van der Waals surface area contributed by atoms with Gasteiger partial charge < -0.3 is 19.8 Å². The highest BCUT2D eigenvalue weighted by molar-refractivity contribution is 6.46.